The van der Waals surface area contributed by atoms with Gasteiger partial charge in [-0.05, 0) is 54.8 Å². The molecule has 2 fully saturated rings. The van der Waals surface area contributed by atoms with E-state index < -0.39 is 43.7 Å². The van der Waals surface area contributed by atoms with Crippen LogP contribution in [0.2, 0.25) is 0 Å². The molecular formula is C22H15F4N3O4S. The summed E-state index contributed by atoms with van der Waals surface area (Å²) in [6.45, 7) is -0.0818. The van der Waals surface area contributed by atoms with Gasteiger partial charge in [0, 0.05) is 11.9 Å². The Hall–Kier alpha value is -3.54. The van der Waals surface area contributed by atoms with Crippen molar-refractivity contribution in [2.24, 2.45) is 0 Å². The molecule has 2 heterocycles. The van der Waals surface area contributed by atoms with Crippen molar-refractivity contribution in [3.63, 3.8) is 0 Å². The van der Waals surface area contributed by atoms with E-state index in [1.165, 1.54) is 11.0 Å². The minimum Gasteiger partial charge on any atom is -0.305 e. The number of amides is 3. The minimum atomic E-state index is -5.57. The lowest BCUT2D eigenvalue weighted by Gasteiger charge is -2.22. The zero-order valence-electron chi connectivity index (χ0n) is 17.2. The number of benzene rings is 2. The van der Waals surface area contributed by atoms with E-state index >= 15 is 0 Å². The fraction of sp³-hybridized carbons (Fsp3) is 0.227. The average Bonchev–Trinajstić information content (AvgIpc) is 3.55. The van der Waals surface area contributed by atoms with E-state index in [2.05, 4.69) is 4.98 Å². The highest BCUT2D eigenvalue weighted by Crippen LogP contribution is 2.50. The van der Waals surface area contributed by atoms with Gasteiger partial charge >= 0.3 is 11.5 Å². The molecule has 0 N–H and O–H groups in total. The number of halogens is 4. The molecule has 34 heavy (non-hydrogen) atoms. The highest BCUT2D eigenvalue weighted by atomic mass is 32.2. The van der Waals surface area contributed by atoms with Gasteiger partial charge < -0.3 is 4.90 Å². The summed E-state index contributed by atoms with van der Waals surface area (Å²) in [5, 5.41) is 0.611. The van der Waals surface area contributed by atoms with Gasteiger partial charge in [0.2, 0.25) is 5.95 Å². The lowest BCUT2D eigenvalue weighted by Crippen LogP contribution is -2.36. The summed E-state index contributed by atoms with van der Waals surface area (Å²) in [5.41, 5.74) is -5.83. The van der Waals surface area contributed by atoms with Gasteiger partial charge in [-0.2, -0.15) is 17.6 Å². The maximum Gasteiger partial charge on any atom is 0.501 e. The molecule has 1 aromatic heterocycles. The Labute approximate surface area is 190 Å². The van der Waals surface area contributed by atoms with Crippen LogP contribution in [0.1, 0.15) is 18.4 Å². The Morgan fingerprint density at radius 3 is 2.26 bits per heavy atom. The van der Waals surface area contributed by atoms with Gasteiger partial charge in [-0.3, -0.25) is 4.79 Å². The van der Waals surface area contributed by atoms with Crippen molar-refractivity contribution in [1.82, 2.24) is 9.88 Å². The van der Waals surface area contributed by atoms with Crippen molar-refractivity contribution in [3.8, 4) is 0 Å². The van der Waals surface area contributed by atoms with Crippen molar-refractivity contribution >= 4 is 38.4 Å². The first kappa shape index (κ1) is 22.3. The van der Waals surface area contributed by atoms with E-state index in [1.54, 1.807) is 24.3 Å². The number of hydrogen-bond donors (Lipinski definition) is 0. The number of pyridine rings is 1. The number of para-hydroxylation sites is 1. The summed E-state index contributed by atoms with van der Waals surface area (Å²) >= 11 is 0. The van der Waals surface area contributed by atoms with Crippen LogP contribution < -0.4 is 4.90 Å². The van der Waals surface area contributed by atoms with Crippen molar-refractivity contribution in [3.05, 3.63) is 66.1 Å². The number of fused-ring (bicyclic) bond motifs is 1. The maximum absolute atomic E-state index is 14.1. The molecule has 0 radical (unpaired) electrons. The van der Waals surface area contributed by atoms with Gasteiger partial charge in [0.1, 0.15) is 5.54 Å². The molecule has 176 valence electrons. The van der Waals surface area contributed by atoms with Gasteiger partial charge in [-0.25, -0.2) is 23.1 Å². The fourth-order valence-corrected chi connectivity index (χ4v) is 4.95. The van der Waals surface area contributed by atoms with Crippen molar-refractivity contribution in [1.29, 1.82) is 0 Å². The van der Waals surface area contributed by atoms with E-state index in [0.717, 1.165) is 17.0 Å². The Bertz CT molecular complexity index is 1450. The third-order valence-corrected chi connectivity index (χ3v) is 7.57. The Morgan fingerprint density at radius 2 is 1.65 bits per heavy atom. The summed E-state index contributed by atoms with van der Waals surface area (Å²) in [4.78, 5) is 31.4. The predicted molar refractivity (Wildman–Crippen MR) is 112 cm³/mol. The zero-order valence-corrected chi connectivity index (χ0v) is 18.0. The first-order chi connectivity index (χ1) is 16.0. The lowest BCUT2D eigenvalue weighted by molar-refractivity contribution is -0.120. The predicted octanol–water partition coefficient (Wildman–Crippen LogP) is 4.17. The third kappa shape index (κ3) is 3.23. The van der Waals surface area contributed by atoms with Gasteiger partial charge in [0.25, 0.3) is 15.7 Å². The van der Waals surface area contributed by atoms with Gasteiger partial charge in [0.15, 0.2) is 0 Å². The second-order valence-corrected chi connectivity index (χ2v) is 10.0. The molecule has 1 saturated heterocycles. The number of hydrogen-bond acceptors (Lipinski definition) is 5. The molecule has 3 aromatic rings. The molecule has 2 aromatic carbocycles. The molecule has 12 heteroatoms. The number of alkyl halides is 3. The first-order valence-corrected chi connectivity index (χ1v) is 11.6. The SMILES string of the molecule is O=C1N(c2ccc(S(=O)(=O)C(F)(F)F)cc2)C(=O)C2(CC2)N1Cc1cc(F)nc2ccccc12. The van der Waals surface area contributed by atoms with Crippen LogP contribution in [-0.2, 0) is 21.2 Å². The van der Waals surface area contributed by atoms with E-state index in [9.17, 15) is 35.6 Å². The maximum atomic E-state index is 14.1. The van der Waals surface area contributed by atoms with Gasteiger partial charge in [0.05, 0.1) is 16.1 Å². The van der Waals surface area contributed by atoms with E-state index in [4.69, 9.17) is 0 Å². The van der Waals surface area contributed by atoms with E-state index in [-0.39, 0.29) is 12.2 Å². The van der Waals surface area contributed by atoms with Crippen molar-refractivity contribution in [2.75, 3.05) is 4.90 Å². The summed E-state index contributed by atoms with van der Waals surface area (Å²) in [6, 6.07) is 10.6. The summed E-state index contributed by atoms with van der Waals surface area (Å²) in [6.07, 6.45) is 0.750. The molecule has 0 unspecified atom stereocenters. The van der Waals surface area contributed by atoms with Crippen molar-refractivity contribution in [2.45, 2.75) is 35.3 Å². The average molecular weight is 493 g/mol. The Balaban J connectivity index is 1.49. The van der Waals surface area contributed by atoms with Crippen LogP contribution in [0.5, 0.6) is 0 Å². The molecular weight excluding hydrogens is 478 g/mol. The van der Waals surface area contributed by atoms with E-state index in [1.807, 2.05) is 0 Å². The number of urea groups is 1. The summed E-state index contributed by atoms with van der Waals surface area (Å²) in [5.74, 6) is -1.31. The Kier molecular flexibility index (Phi) is 4.73. The molecule has 5 rings (SSSR count). The molecule has 1 aliphatic carbocycles. The molecule has 7 nitrogen and oxygen atoms in total. The number of sulfone groups is 1. The van der Waals surface area contributed by atoms with Crippen LogP contribution in [0, 0.1) is 5.95 Å². The molecule has 1 saturated carbocycles. The van der Waals surface area contributed by atoms with Gasteiger partial charge in [-0.1, -0.05) is 18.2 Å². The standard InChI is InChI=1S/C22H15F4N3O4S/c23-18-11-13(16-3-1-2-4-17(16)27-18)12-28-20(31)29(19(30)21(28)9-10-21)14-5-7-15(8-6-14)34(32,33)22(24,25)26/h1-8,11H,9-10,12H2. The normalized spacial score (nSPS) is 17.8. The van der Waals surface area contributed by atoms with Gasteiger partial charge in [-0.15, -0.1) is 0 Å². The number of aromatic nitrogens is 1. The number of carbonyl (C=O) groups excluding carboxylic acids is 2. The number of nitrogens with zero attached hydrogens (tertiary/aromatic N) is 3. The molecule has 0 bridgehead atoms. The van der Waals surface area contributed by atoms with Crippen LogP contribution in [-0.4, -0.2) is 41.3 Å². The summed E-state index contributed by atoms with van der Waals surface area (Å²) < 4.78 is 75.7. The highest BCUT2D eigenvalue weighted by molar-refractivity contribution is 7.92. The second-order valence-electron chi connectivity index (χ2n) is 8.11. The van der Waals surface area contributed by atoms with E-state index in [0.29, 0.717) is 41.4 Å². The quantitative estimate of drug-likeness (QED) is 0.309. The molecule has 2 aliphatic rings. The number of imide groups is 1. The van der Waals surface area contributed by atoms with Crippen LogP contribution in [0.3, 0.4) is 0 Å². The fourth-order valence-electron chi connectivity index (χ4n) is 4.18. The third-order valence-electron chi connectivity index (χ3n) is 6.07. The highest BCUT2D eigenvalue weighted by Gasteiger charge is 2.65. The number of rotatable bonds is 4. The van der Waals surface area contributed by atoms with Crippen LogP contribution in [0.25, 0.3) is 10.9 Å². The van der Waals surface area contributed by atoms with Crippen molar-refractivity contribution < 1.29 is 35.6 Å². The van der Waals surface area contributed by atoms with Crippen LogP contribution in [0.4, 0.5) is 28.0 Å². The lowest BCUT2D eigenvalue weighted by atomic mass is 10.1. The zero-order chi connectivity index (χ0) is 24.5. The molecule has 0 atom stereocenters. The molecule has 1 aliphatic heterocycles. The molecule has 3 amide bonds. The largest absolute Gasteiger partial charge is 0.501 e. The summed E-state index contributed by atoms with van der Waals surface area (Å²) in [7, 11) is -5.57. The topological polar surface area (TPSA) is 87.7 Å². The minimum absolute atomic E-state index is 0.0596. The Morgan fingerprint density at radius 1 is 1.00 bits per heavy atom. The first-order valence-electron chi connectivity index (χ1n) is 10.1. The second kappa shape index (κ2) is 7.23. The van der Waals surface area contributed by atoms with Crippen LogP contribution in [0.15, 0.2) is 59.5 Å². The smallest absolute Gasteiger partial charge is 0.305 e. The number of carbonyl (C=O) groups is 2. The van der Waals surface area contributed by atoms with Crippen LogP contribution >= 0.6 is 0 Å². The number of anilines is 1. The monoisotopic (exact) mass is 493 g/mol. The molecule has 1 spiro atoms.